The average molecular weight is 741 g/mol. The van der Waals surface area contributed by atoms with Gasteiger partial charge in [0.25, 0.3) is 13.7 Å². The van der Waals surface area contributed by atoms with Crippen LogP contribution in [0, 0.1) is 0 Å². The van der Waals surface area contributed by atoms with Crippen molar-refractivity contribution in [1.29, 1.82) is 0 Å². The van der Waals surface area contributed by atoms with E-state index in [2.05, 4.69) is 32.8 Å². The van der Waals surface area contributed by atoms with Gasteiger partial charge in [-0.25, -0.2) is 28.4 Å². The number of hydrogen-bond acceptors (Lipinski definition) is 18. The van der Waals surface area contributed by atoms with Gasteiger partial charge in [-0.2, -0.15) is 4.57 Å². The fourth-order valence-electron chi connectivity index (χ4n) is 4.17. The van der Waals surface area contributed by atoms with Crippen molar-refractivity contribution in [2.75, 3.05) is 18.9 Å². The number of aliphatic hydroxyl groups is 1. The number of aldehydes is 2. The van der Waals surface area contributed by atoms with Crippen molar-refractivity contribution < 1.29 is 84.7 Å². The molecule has 0 aliphatic carbocycles. The number of nitrogens with two attached hydrogens (primary N) is 2. The molecule has 3 aromatic heterocycles. The molecule has 0 saturated carbocycles. The highest BCUT2D eigenvalue weighted by Gasteiger charge is 2.50. The Bertz CT molecular complexity index is 1810. The van der Waals surface area contributed by atoms with Gasteiger partial charge in [0.1, 0.15) is 41.8 Å². The molecule has 0 radical (unpaired) electrons. The van der Waals surface area contributed by atoms with Crippen LogP contribution in [-0.4, -0.2) is 95.4 Å². The van der Waals surface area contributed by atoms with Gasteiger partial charge >= 0.3 is 21.9 Å². The van der Waals surface area contributed by atoms with Crippen molar-refractivity contribution >= 4 is 58.9 Å². The van der Waals surface area contributed by atoms with Crippen LogP contribution in [0.15, 0.2) is 37.2 Å². The van der Waals surface area contributed by atoms with E-state index in [0.29, 0.717) is 0 Å². The van der Waals surface area contributed by atoms with Crippen LogP contribution in [0.25, 0.3) is 11.2 Å². The molecule has 48 heavy (non-hydrogen) atoms. The number of carbonyl (C=O) groups is 3. The quantitative estimate of drug-likeness (QED) is 0.0460. The summed E-state index contributed by atoms with van der Waals surface area (Å²) in [5.74, 6) is -0.921. The molecule has 1 aliphatic rings. The number of primary amides is 1. The molecule has 1 fully saturated rings. The Balaban J connectivity index is 1.39. The maximum Gasteiger partial charge on any atom is 0.478 e. The normalized spacial score (nSPS) is 23.6. The fourth-order valence-corrected chi connectivity index (χ4v) is 6.77. The van der Waals surface area contributed by atoms with Crippen LogP contribution in [0.4, 0.5) is 5.82 Å². The highest BCUT2D eigenvalue weighted by Crippen LogP contribution is 2.58. The second kappa shape index (κ2) is 15.0. The number of aliphatic hydroxyl groups excluding tert-OH is 1. The predicted molar refractivity (Wildman–Crippen MR) is 148 cm³/mol. The molecule has 0 bridgehead atoms. The summed E-state index contributed by atoms with van der Waals surface area (Å²) in [6.45, 7) is -2.29. The predicted octanol–water partition coefficient (Wildman–Crippen LogP) is -2.87. The van der Waals surface area contributed by atoms with E-state index in [1.165, 1.54) is 18.3 Å². The van der Waals surface area contributed by atoms with Gasteiger partial charge in [0.15, 0.2) is 36.4 Å². The van der Waals surface area contributed by atoms with E-state index in [1.807, 2.05) is 0 Å². The lowest BCUT2D eigenvalue weighted by molar-refractivity contribution is -0.746. The maximum atomic E-state index is 12.5. The van der Waals surface area contributed by atoms with Crippen molar-refractivity contribution in [1.82, 2.24) is 19.5 Å². The van der Waals surface area contributed by atoms with Crippen molar-refractivity contribution in [2.45, 2.75) is 36.9 Å². The molecule has 4 heterocycles. The number of anilines is 1. The molecule has 1 saturated heterocycles. The zero-order valence-corrected chi connectivity index (χ0v) is 26.5. The summed E-state index contributed by atoms with van der Waals surface area (Å²) in [4.78, 5) is 87.1. The number of imidazole rings is 1. The number of aromatic nitrogens is 5. The molecule has 3 aromatic rings. The van der Waals surface area contributed by atoms with E-state index in [0.717, 1.165) is 28.0 Å². The molecule has 4 rings (SSSR count). The molecule has 262 valence electrons. The Hall–Kier alpha value is -3.44. The summed E-state index contributed by atoms with van der Waals surface area (Å²) in [5, 5.41) is 10.7. The molecule has 2 unspecified atom stereocenters. The summed E-state index contributed by atoms with van der Waals surface area (Å²) in [6, 6.07) is 2.65. The van der Waals surface area contributed by atoms with Crippen molar-refractivity contribution in [2.24, 2.45) is 5.73 Å². The van der Waals surface area contributed by atoms with Gasteiger partial charge in [-0.3, -0.25) is 27.8 Å². The third-order valence-electron chi connectivity index (χ3n) is 6.22. The minimum absolute atomic E-state index is 0.0176. The number of nitrogens with zero attached hydrogens (tertiary/aromatic N) is 5. The second-order valence-corrected chi connectivity index (χ2v) is 13.7. The molecule has 1 amide bonds. The number of fused-ring (bicyclic) bond motifs is 1. The smallest absolute Gasteiger partial charge is 0.478 e. The topological polar surface area (TPSA) is 361 Å². The monoisotopic (exact) mass is 741 g/mol. The van der Waals surface area contributed by atoms with Crippen LogP contribution in [0.3, 0.4) is 0 Å². The van der Waals surface area contributed by atoms with Crippen molar-refractivity contribution in [3.05, 3.63) is 42.7 Å². The zero-order valence-electron chi connectivity index (χ0n) is 23.8. The minimum atomic E-state index is -5.78. The van der Waals surface area contributed by atoms with Crippen LogP contribution in [0.1, 0.15) is 22.8 Å². The molecular weight excluding hydrogens is 715 g/mol. The van der Waals surface area contributed by atoms with E-state index in [4.69, 9.17) is 20.9 Å². The summed E-state index contributed by atoms with van der Waals surface area (Å²) in [5.41, 5.74) is 10.9. The van der Waals surface area contributed by atoms with Gasteiger partial charge in [-0.05, 0) is 6.07 Å². The number of phosphoric acid groups is 3. The van der Waals surface area contributed by atoms with Crippen LogP contribution < -0.4 is 20.9 Å². The molecule has 0 spiro atoms. The molecule has 0 aromatic carbocycles. The molecular formula is C21H26N7O17P3. The van der Waals surface area contributed by atoms with Gasteiger partial charge in [0, 0.05) is 6.07 Å². The van der Waals surface area contributed by atoms with E-state index in [1.54, 1.807) is 0 Å². The second-order valence-electron chi connectivity index (χ2n) is 9.53. The van der Waals surface area contributed by atoms with Gasteiger partial charge in [-0.15, -0.1) is 0 Å². The Labute approximate surface area is 267 Å². The summed E-state index contributed by atoms with van der Waals surface area (Å²) < 4.78 is 67.0. The first-order valence-corrected chi connectivity index (χ1v) is 17.4. The summed E-state index contributed by atoms with van der Waals surface area (Å²) in [6.07, 6.45) is -5.78. The number of ether oxygens (including phenoxy) is 2. The largest absolute Gasteiger partial charge is 0.756 e. The lowest BCUT2D eigenvalue weighted by Gasteiger charge is -2.26. The average Bonchev–Trinajstić information content (AvgIpc) is 3.56. The van der Waals surface area contributed by atoms with E-state index < -0.39 is 79.5 Å². The van der Waals surface area contributed by atoms with Gasteiger partial charge in [0.05, 0.1) is 19.5 Å². The summed E-state index contributed by atoms with van der Waals surface area (Å²) in [7, 11) is -16.7. The number of phosphoric ester groups is 3. The number of nitrogen functional groups attached to an aromatic ring is 1. The van der Waals surface area contributed by atoms with Crippen LogP contribution >= 0.6 is 23.5 Å². The number of hydrogen-bond donors (Lipinski definition) is 6. The van der Waals surface area contributed by atoms with Gasteiger partial charge in [-0.1, -0.05) is 0 Å². The summed E-state index contributed by atoms with van der Waals surface area (Å²) >= 11 is 0. The minimum Gasteiger partial charge on any atom is -0.756 e. The van der Waals surface area contributed by atoms with Crippen molar-refractivity contribution in [3.63, 3.8) is 0 Å². The number of rotatable bonds is 17. The Morgan fingerprint density at radius 3 is 2.54 bits per heavy atom. The first-order valence-electron chi connectivity index (χ1n) is 12.9. The lowest BCUT2D eigenvalue weighted by atomic mass is 10.1. The molecule has 27 heteroatoms. The third kappa shape index (κ3) is 9.37. The molecule has 8 N–H and O–H groups in total. The van der Waals surface area contributed by atoms with Crippen LogP contribution in [-0.2, 0) is 50.6 Å². The zero-order chi connectivity index (χ0) is 35.4. The van der Waals surface area contributed by atoms with E-state index >= 15 is 0 Å². The SMILES string of the molecule is NC(=O)c1ccc[n+]([C@@H](C=O)O[C@@H](C=O)COP(=O)([O-])OP(=O)(O)OC[C@H]2O[C@@H](n3cnc4c(N)ncnc43)[C@H](OP(=O)(O)O)[C@@H]2O)c1. The van der Waals surface area contributed by atoms with E-state index in [9.17, 15) is 52.8 Å². The van der Waals surface area contributed by atoms with Gasteiger partial charge in [0.2, 0.25) is 6.29 Å². The Morgan fingerprint density at radius 1 is 1.17 bits per heavy atom. The standard InChI is InChI=1S/C21H26N7O17P3/c22-18-15-20(25-9-24-18)28(10-26-15)21-17(44-46(33,34)35)16(31)13(43-21)8-41-48(38,39)45-47(36,37)40-7-12(5-29)42-14(6-30)27-3-1-2-11(4-27)19(23)32/h1-6,9-10,12-14,16-17,21,31H,7-8H2,(H7-,22,23,24,25,32,33,34,35,36,37,38,39)/t12-,13+,14+,16+,17+,21+/m0/s1. The number of pyridine rings is 1. The molecule has 24 nitrogen and oxygen atoms in total. The molecule has 1 aliphatic heterocycles. The number of amides is 1. The lowest BCUT2D eigenvalue weighted by Crippen LogP contribution is -2.45. The Kier molecular flexibility index (Phi) is 11.7. The Morgan fingerprint density at radius 2 is 1.90 bits per heavy atom. The highest BCUT2D eigenvalue weighted by molar-refractivity contribution is 7.60. The third-order valence-corrected chi connectivity index (χ3v) is 9.30. The first-order chi connectivity index (χ1) is 22.4. The van der Waals surface area contributed by atoms with Crippen LogP contribution in [0.2, 0.25) is 0 Å². The van der Waals surface area contributed by atoms with E-state index in [-0.39, 0.29) is 35.1 Å². The first kappa shape index (κ1) is 37.4. The van der Waals surface area contributed by atoms with Crippen LogP contribution in [0.5, 0.6) is 0 Å². The highest BCUT2D eigenvalue weighted by atomic mass is 31.3. The van der Waals surface area contributed by atoms with Gasteiger partial charge < -0.3 is 54.9 Å². The fraction of sp³-hybridized carbons (Fsp3) is 0.381. The van der Waals surface area contributed by atoms with Crippen molar-refractivity contribution in [3.8, 4) is 0 Å². The maximum absolute atomic E-state index is 12.5. The number of carbonyl (C=O) groups excluding carboxylic acids is 3. The molecule has 8 atom stereocenters.